The third-order valence-electron chi connectivity index (χ3n) is 2.15. The van der Waals surface area contributed by atoms with Gasteiger partial charge in [-0.05, 0) is 18.6 Å². The molecule has 3 nitrogen and oxygen atoms in total. The maximum absolute atomic E-state index is 4.22. The van der Waals surface area contributed by atoms with Crippen molar-refractivity contribution in [3.05, 3.63) is 24.7 Å². The summed E-state index contributed by atoms with van der Waals surface area (Å²) in [4.78, 5) is 8.40. The molecule has 0 aliphatic rings. The van der Waals surface area contributed by atoms with E-state index in [-0.39, 0.29) is 0 Å². The second-order valence-electron chi connectivity index (χ2n) is 3.14. The minimum Gasteiger partial charge on any atom is -0.329 e. The molecule has 0 aliphatic carbocycles. The van der Waals surface area contributed by atoms with E-state index < -0.39 is 0 Å². The molecule has 0 atom stereocenters. The van der Waals surface area contributed by atoms with E-state index in [1.165, 1.54) is 12.8 Å². The van der Waals surface area contributed by atoms with Crippen LogP contribution in [-0.4, -0.2) is 14.5 Å². The Hall–Kier alpha value is -1.38. The second kappa shape index (κ2) is 3.56. The van der Waals surface area contributed by atoms with Crippen LogP contribution >= 0.6 is 0 Å². The molecule has 2 rings (SSSR count). The van der Waals surface area contributed by atoms with Crippen LogP contribution in [0.15, 0.2) is 24.7 Å². The van der Waals surface area contributed by atoms with E-state index in [4.69, 9.17) is 0 Å². The fourth-order valence-corrected chi connectivity index (χ4v) is 1.41. The molecule has 2 heterocycles. The first-order chi connectivity index (χ1) is 6.42. The van der Waals surface area contributed by atoms with E-state index in [1.807, 2.05) is 12.4 Å². The predicted octanol–water partition coefficient (Wildman–Crippen LogP) is 2.23. The van der Waals surface area contributed by atoms with Crippen LogP contribution in [0.5, 0.6) is 0 Å². The van der Waals surface area contributed by atoms with Crippen molar-refractivity contribution < 1.29 is 0 Å². The summed E-state index contributed by atoms with van der Waals surface area (Å²) in [7, 11) is 0. The molecule has 0 saturated carbocycles. The van der Waals surface area contributed by atoms with Crippen molar-refractivity contribution in [2.75, 3.05) is 0 Å². The van der Waals surface area contributed by atoms with Gasteiger partial charge in [-0.3, -0.25) is 0 Å². The molecular weight excluding hydrogens is 162 g/mol. The Morgan fingerprint density at radius 3 is 3.15 bits per heavy atom. The van der Waals surface area contributed by atoms with E-state index in [1.54, 1.807) is 6.20 Å². The van der Waals surface area contributed by atoms with Crippen LogP contribution in [0.2, 0.25) is 0 Å². The Labute approximate surface area is 77.4 Å². The average Bonchev–Trinajstić information content (AvgIpc) is 2.58. The van der Waals surface area contributed by atoms with Crippen LogP contribution in [0, 0.1) is 0 Å². The Morgan fingerprint density at radius 2 is 2.31 bits per heavy atom. The number of unbranched alkanes of at least 4 members (excludes halogenated alkanes) is 1. The zero-order chi connectivity index (χ0) is 9.10. The topological polar surface area (TPSA) is 30.7 Å². The molecule has 0 spiro atoms. The van der Waals surface area contributed by atoms with Crippen LogP contribution in [0.3, 0.4) is 0 Å². The number of nitrogens with zero attached hydrogens (tertiary/aromatic N) is 3. The first-order valence-electron chi connectivity index (χ1n) is 4.67. The van der Waals surface area contributed by atoms with Gasteiger partial charge in [0.2, 0.25) is 0 Å². The Bertz CT molecular complexity index is 392. The summed E-state index contributed by atoms with van der Waals surface area (Å²) in [5, 5.41) is 0. The normalized spacial score (nSPS) is 10.8. The molecule has 0 unspecified atom stereocenters. The number of aryl methyl sites for hydroxylation is 1. The highest BCUT2D eigenvalue weighted by atomic mass is 15.1. The Balaban J connectivity index is 2.35. The largest absolute Gasteiger partial charge is 0.329 e. The molecule has 0 aliphatic heterocycles. The van der Waals surface area contributed by atoms with Crippen molar-refractivity contribution in [2.24, 2.45) is 0 Å². The van der Waals surface area contributed by atoms with Crippen LogP contribution in [0.1, 0.15) is 19.8 Å². The number of rotatable bonds is 3. The molecule has 68 valence electrons. The van der Waals surface area contributed by atoms with Gasteiger partial charge in [0, 0.05) is 12.7 Å². The number of pyridine rings is 1. The van der Waals surface area contributed by atoms with Crippen LogP contribution in [0.25, 0.3) is 11.2 Å². The number of hydrogen-bond acceptors (Lipinski definition) is 2. The lowest BCUT2D eigenvalue weighted by molar-refractivity contribution is 0.645. The van der Waals surface area contributed by atoms with Gasteiger partial charge < -0.3 is 4.57 Å². The zero-order valence-corrected chi connectivity index (χ0v) is 7.77. The van der Waals surface area contributed by atoms with Gasteiger partial charge in [-0.2, -0.15) is 0 Å². The van der Waals surface area contributed by atoms with E-state index in [2.05, 4.69) is 27.5 Å². The van der Waals surface area contributed by atoms with E-state index in [0.717, 1.165) is 17.7 Å². The number of fused-ring (bicyclic) bond motifs is 1. The minimum absolute atomic E-state index is 0.846. The molecule has 2 aromatic rings. The van der Waals surface area contributed by atoms with Gasteiger partial charge in [-0.15, -0.1) is 0 Å². The number of imidazole rings is 1. The first kappa shape index (κ1) is 8.23. The quantitative estimate of drug-likeness (QED) is 0.716. The molecule has 0 N–H and O–H groups in total. The standard InChI is InChI=1S/C10H13N3/c1-2-3-7-13-8-12-10-9(13)5-4-6-11-10/h4-6,8H,2-3,7H2,1H3. The summed E-state index contributed by atoms with van der Waals surface area (Å²) in [5.74, 6) is 0. The van der Waals surface area contributed by atoms with Crippen molar-refractivity contribution in [2.45, 2.75) is 26.3 Å². The third-order valence-corrected chi connectivity index (χ3v) is 2.15. The molecule has 0 fully saturated rings. The maximum atomic E-state index is 4.22. The Kier molecular flexibility index (Phi) is 2.25. The summed E-state index contributed by atoms with van der Waals surface area (Å²) in [6.45, 7) is 3.23. The molecule has 13 heavy (non-hydrogen) atoms. The van der Waals surface area contributed by atoms with Gasteiger partial charge >= 0.3 is 0 Å². The van der Waals surface area contributed by atoms with Crippen molar-refractivity contribution in [3.63, 3.8) is 0 Å². The highest BCUT2D eigenvalue weighted by molar-refractivity contribution is 5.70. The lowest BCUT2D eigenvalue weighted by Gasteiger charge is -2.00. The van der Waals surface area contributed by atoms with Crippen molar-refractivity contribution in [1.82, 2.24) is 14.5 Å². The van der Waals surface area contributed by atoms with Crippen LogP contribution < -0.4 is 0 Å². The van der Waals surface area contributed by atoms with Crippen LogP contribution in [0.4, 0.5) is 0 Å². The van der Waals surface area contributed by atoms with Gasteiger partial charge in [0.05, 0.1) is 11.8 Å². The van der Waals surface area contributed by atoms with Gasteiger partial charge in [0.1, 0.15) is 0 Å². The molecule has 2 aromatic heterocycles. The third kappa shape index (κ3) is 1.54. The van der Waals surface area contributed by atoms with Crippen molar-refractivity contribution in [1.29, 1.82) is 0 Å². The first-order valence-corrected chi connectivity index (χ1v) is 4.67. The van der Waals surface area contributed by atoms with Gasteiger partial charge in [0.25, 0.3) is 0 Å². The molecule has 0 amide bonds. The van der Waals surface area contributed by atoms with Gasteiger partial charge in [0.15, 0.2) is 5.65 Å². The lowest BCUT2D eigenvalue weighted by Crippen LogP contribution is -1.94. The zero-order valence-electron chi connectivity index (χ0n) is 7.77. The monoisotopic (exact) mass is 175 g/mol. The fourth-order valence-electron chi connectivity index (χ4n) is 1.41. The van der Waals surface area contributed by atoms with E-state index >= 15 is 0 Å². The summed E-state index contributed by atoms with van der Waals surface area (Å²) >= 11 is 0. The molecular formula is C10H13N3. The molecule has 0 radical (unpaired) electrons. The predicted molar refractivity (Wildman–Crippen MR) is 52.4 cm³/mol. The minimum atomic E-state index is 0.846. The number of hydrogen-bond donors (Lipinski definition) is 0. The van der Waals surface area contributed by atoms with Gasteiger partial charge in [-0.25, -0.2) is 9.97 Å². The lowest BCUT2D eigenvalue weighted by atomic mass is 10.3. The molecule has 0 aromatic carbocycles. The SMILES string of the molecule is CCCCn1cnc2ncccc21. The highest BCUT2D eigenvalue weighted by Gasteiger charge is 2.00. The van der Waals surface area contributed by atoms with Crippen LogP contribution in [-0.2, 0) is 6.54 Å². The van der Waals surface area contributed by atoms with E-state index in [9.17, 15) is 0 Å². The summed E-state index contributed by atoms with van der Waals surface area (Å²) < 4.78 is 2.16. The maximum Gasteiger partial charge on any atom is 0.177 e. The van der Waals surface area contributed by atoms with Crippen molar-refractivity contribution in [3.8, 4) is 0 Å². The number of aromatic nitrogens is 3. The molecule has 0 saturated heterocycles. The smallest absolute Gasteiger partial charge is 0.177 e. The van der Waals surface area contributed by atoms with Crippen molar-refractivity contribution >= 4 is 11.2 Å². The van der Waals surface area contributed by atoms with E-state index in [0.29, 0.717) is 0 Å². The second-order valence-corrected chi connectivity index (χ2v) is 3.14. The highest BCUT2D eigenvalue weighted by Crippen LogP contribution is 2.09. The molecule has 3 heteroatoms. The summed E-state index contributed by atoms with van der Waals surface area (Å²) in [5.41, 5.74) is 1.98. The Morgan fingerprint density at radius 1 is 1.38 bits per heavy atom. The summed E-state index contributed by atoms with van der Waals surface area (Å²) in [6.07, 6.45) is 6.05. The average molecular weight is 175 g/mol. The molecule has 0 bridgehead atoms. The fraction of sp³-hybridized carbons (Fsp3) is 0.400. The summed E-state index contributed by atoms with van der Waals surface area (Å²) in [6, 6.07) is 4.01. The van der Waals surface area contributed by atoms with Gasteiger partial charge in [-0.1, -0.05) is 13.3 Å².